The molecule has 9 nitrogen and oxygen atoms in total. The van der Waals surface area contributed by atoms with Gasteiger partial charge in [-0.25, -0.2) is 9.36 Å². The lowest BCUT2D eigenvalue weighted by Gasteiger charge is -2.27. The van der Waals surface area contributed by atoms with Gasteiger partial charge in [0.15, 0.2) is 0 Å². The SMILES string of the molecule is COc1ccc(CN(Cc2ccc(OC)cc2)c2cc(C)c(C(F)(F)F)c(-c3cc4c5c(c3Cl)=NCNC=5N(Cc3ccns3)C=CO4)n2)cc1. The first-order valence-electron chi connectivity index (χ1n) is 15.9. The van der Waals surface area contributed by atoms with Crippen LogP contribution in [0.5, 0.6) is 17.2 Å². The van der Waals surface area contributed by atoms with Crippen LogP contribution in [0.4, 0.5) is 19.0 Å². The lowest BCUT2D eigenvalue weighted by atomic mass is 9.99. The molecular weight excluding hydrogens is 701 g/mol. The van der Waals surface area contributed by atoms with Gasteiger partial charge in [-0.1, -0.05) is 35.9 Å². The molecule has 0 spiro atoms. The van der Waals surface area contributed by atoms with Crippen LogP contribution in [0.1, 0.15) is 27.1 Å². The summed E-state index contributed by atoms with van der Waals surface area (Å²) < 4.78 is 65.8. The van der Waals surface area contributed by atoms with E-state index in [1.54, 1.807) is 26.6 Å². The van der Waals surface area contributed by atoms with Crippen molar-refractivity contribution in [2.24, 2.45) is 4.99 Å². The fourth-order valence-electron chi connectivity index (χ4n) is 6.16. The first-order valence-corrected chi connectivity index (χ1v) is 17.0. The molecule has 0 saturated carbocycles. The molecular formula is C37H32ClF3N6O3S. The van der Waals surface area contributed by atoms with E-state index in [4.69, 9.17) is 30.8 Å². The Bertz CT molecular complexity index is 2160. The zero-order chi connectivity index (χ0) is 35.7. The number of rotatable bonds is 10. The van der Waals surface area contributed by atoms with E-state index in [1.807, 2.05) is 64.4 Å². The van der Waals surface area contributed by atoms with E-state index in [2.05, 4.69) is 14.7 Å². The number of methoxy groups -OCH3 is 2. The van der Waals surface area contributed by atoms with Gasteiger partial charge in [-0.3, -0.25) is 4.99 Å². The molecule has 0 atom stereocenters. The molecule has 0 amide bonds. The number of hydrogen-bond acceptors (Lipinski definition) is 10. The van der Waals surface area contributed by atoms with Crippen molar-refractivity contribution < 1.29 is 27.4 Å². The van der Waals surface area contributed by atoms with Crippen molar-refractivity contribution >= 4 is 34.8 Å². The van der Waals surface area contributed by atoms with Crippen LogP contribution in [0.2, 0.25) is 5.02 Å². The van der Waals surface area contributed by atoms with Gasteiger partial charge in [0, 0.05) is 35.9 Å². The van der Waals surface area contributed by atoms with Crippen molar-refractivity contribution in [3.05, 3.63) is 128 Å². The van der Waals surface area contributed by atoms with Crippen LogP contribution in [0.3, 0.4) is 0 Å². The number of ether oxygens (including phenoxy) is 3. The number of anilines is 1. The third-order valence-electron chi connectivity index (χ3n) is 8.59. The minimum Gasteiger partial charge on any atom is -0.497 e. The largest absolute Gasteiger partial charge is 0.497 e. The topological polar surface area (TPSA) is 84.3 Å². The van der Waals surface area contributed by atoms with Crippen LogP contribution in [0.15, 0.2) is 90.4 Å². The smallest absolute Gasteiger partial charge is 0.418 e. The quantitative estimate of drug-likeness (QED) is 0.164. The number of alkyl halides is 3. The normalized spacial score (nSPS) is 13.5. The zero-order valence-electron chi connectivity index (χ0n) is 27.8. The number of nitrogens with one attached hydrogen (secondary N) is 1. The van der Waals surface area contributed by atoms with Gasteiger partial charge >= 0.3 is 6.18 Å². The Morgan fingerprint density at radius 3 is 2.24 bits per heavy atom. The minimum absolute atomic E-state index is 0.000908. The first-order chi connectivity index (χ1) is 24.6. The number of pyridine rings is 1. The molecule has 1 N–H and O–H groups in total. The second-order valence-electron chi connectivity index (χ2n) is 11.9. The van der Waals surface area contributed by atoms with Crippen molar-refractivity contribution in [2.45, 2.75) is 32.7 Å². The number of aromatic nitrogens is 2. The monoisotopic (exact) mass is 732 g/mol. The maximum absolute atomic E-state index is 15.0. The summed E-state index contributed by atoms with van der Waals surface area (Å²) in [5, 5.41) is 4.20. The highest BCUT2D eigenvalue weighted by Crippen LogP contribution is 2.42. The highest BCUT2D eigenvalue weighted by atomic mass is 35.5. The third kappa shape index (κ3) is 7.04. The van der Waals surface area contributed by atoms with E-state index in [1.165, 1.54) is 36.9 Å². The molecule has 2 aliphatic rings. The average Bonchev–Trinajstić information content (AvgIpc) is 3.58. The number of hydrogen-bond donors (Lipinski definition) is 1. The molecule has 0 unspecified atom stereocenters. The Morgan fingerprint density at radius 2 is 1.65 bits per heavy atom. The van der Waals surface area contributed by atoms with Gasteiger partial charge in [-0.05, 0) is 77.6 Å². The Hall–Kier alpha value is -5.27. The Labute approximate surface area is 301 Å². The molecule has 262 valence electrons. The van der Waals surface area contributed by atoms with E-state index >= 15 is 0 Å². The van der Waals surface area contributed by atoms with Gasteiger partial charge < -0.3 is 29.3 Å². The Kier molecular flexibility index (Phi) is 9.49. The molecule has 14 heteroatoms. The van der Waals surface area contributed by atoms with Gasteiger partial charge in [-0.2, -0.15) is 13.2 Å². The molecule has 4 heterocycles. The number of nitrogens with zero attached hydrogens (tertiary/aromatic N) is 5. The van der Waals surface area contributed by atoms with Gasteiger partial charge in [0.2, 0.25) is 0 Å². The molecule has 0 fully saturated rings. The number of halogens is 4. The van der Waals surface area contributed by atoms with Crippen molar-refractivity contribution in [2.75, 3.05) is 25.8 Å². The molecule has 0 radical (unpaired) electrons. The predicted octanol–water partition coefficient (Wildman–Crippen LogP) is 7.02. The van der Waals surface area contributed by atoms with Crippen molar-refractivity contribution in [1.82, 2.24) is 19.6 Å². The first kappa shape index (κ1) is 34.2. The van der Waals surface area contributed by atoms with Gasteiger partial charge in [0.05, 0.1) is 47.6 Å². The fourth-order valence-corrected chi connectivity index (χ4v) is 7.03. The fraction of sp³-hybridized carbons (Fsp3) is 0.216. The third-order valence-corrected chi connectivity index (χ3v) is 9.70. The summed E-state index contributed by atoms with van der Waals surface area (Å²) in [7, 11) is 3.18. The molecule has 0 saturated heterocycles. The van der Waals surface area contributed by atoms with Crippen LogP contribution in [-0.2, 0) is 25.8 Å². The van der Waals surface area contributed by atoms with Gasteiger partial charge in [-0.15, -0.1) is 0 Å². The molecule has 3 aromatic carbocycles. The van der Waals surface area contributed by atoms with E-state index < -0.39 is 11.7 Å². The van der Waals surface area contributed by atoms with Crippen LogP contribution in [0.25, 0.3) is 17.1 Å². The van der Waals surface area contributed by atoms with Crippen LogP contribution >= 0.6 is 23.1 Å². The second-order valence-corrected chi connectivity index (χ2v) is 13.2. The Balaban J connectivity index is 1.39. The highest BCUT2D eigenvalue weighted by Gasteiger charge is 2.38. The molecule has 7 rings (SSSR count). The van der Waals surface area contributed by atoms with Crippen molar-refractivity contribution in [1.29, 1.82) is 0 Å². The van der Waals surface area contributed by atoms with Crippen LogP contribution in [-0.4, -0.2) is 35.1 Å². The standard InChI is InChI=1S/C37H32ClF3N6O3S/c1-22-16-30(47(18-23-4-8-25(48-2)9-5-23)19-24-6-10-26(49-3)11-7-24)45-34(32(22)37(39,40)41)28-17-29-31-35(33(28)38)42-21-43-36(31)46(14-15-50-29)20-27-12-13-44-51-27/h4-17,43H,18-21H2,1-3H3. The molecule has 5 aromatic rings. The van der Waals surface area contributed by atoms with Crippen LogP contribution in [0, 0.1) is 6.92 Å². The van der Waals surface area contributed by atoms with E-state index in [0.29, 0.717) is 59.1 Å². The minimum atomic E-state index is -4.74. The van der Waals surface area contributed by atoms with E-state index in [0.717, 1.165) is 16.0 Å². The van der Waals surface area contributed by atoms with E-state index in [9.17, 15) is 13.2 Å². The average molecular weight is 733 g/mol. The number of aryl methyl sites for hydroxylation is 1. The lowest BCUT2D eigenvalue weighted by Crippen LogP contribution is -2.43. The molecule has 2 aromatic heterocycles. The van der Waals surface area contributed by atoms with Crippen LogP contribution < -0.4 is 35.0 Å². The molecule has 0 bridgehead atoms. The van der Waals surface area contributed by atoms with Gasteiger partial charge in [0.1, 0.15) is 41.8 Å². The summed E-state index contributed by atoms with van der Waals surface area (Å²) in [5.74, 6) is 2.69. The maximum Gasteiger partial charge on any atom is 0.418 e. The lowest BCUT2D eigenvalue weighted by molar-refractivity contribution is -0.137. The summed E-state index contributed by atoms with van der Waals surface area (Å²) in [5.41, 5.74) is 0.683. The highest BCUT2D eigenvalue weighted by molar-refractivity contribution is 7.05. The summed E-state index contributed by atoms with van der Waals surface area (Å²) in [6, 6.07) is 19.9. The predicted molar refractivity (Wildman–Crippen MR) is 190 cm³/mol. The number of benzene rings is 3. The summed E-state index contributed by atoms with van der Waals surface area (Å²) in [6.07, 6.45) is 0.236. The summed E-state index contributed by atoms with van der Waals surface area (Å²) in [6.45, 7) is 2.78. The second kappa shape index (κ2) is 14.2. The molecule has 0 aliphatic carbocycles. The zero-order valence-corrected chi connectivity index (χ0v) is 29.4. The Morgan fingerprint density at radius 1 is 0.980 bits per heavy atom. The van der Waals surface area contributed by atoms with Crippen molar-refractivity contribution in [3.8, 4) is 28.5 Å². The maximum atomic E-state index is 15.0. The molecule has 51 heavy (non-hydrogen) atoms. The van der Waals surface area contributed by atoms with E-state index in [-0.39, 0.29) is 28.5 Å². The summed E-state index contributed by atoms with van der Waals surface area (Å²) in [4.78, 5) is 14.2. The molecule has 2 aliphatic heterocycles. The summed E-state index contributed by atoms with van der Waals surface area (Å²) >= 11 is 8.43. The van der Waals surface area contributed by atoms with Crippen molar-refractivity contribution in [3.63, 3.8) is 0 Å². The van der Waals surface area contributed by atoms with Gasteiger partial charge in [0.25, 0.3) is 0 Å².